The summed E-state index contributed by atoms with van der Waals surface area (Å²) >= 11 is 0. The van der Waals surface area contributed by atoms with Crippen LogP contribution in [0.1, 0.15) is 48.9 Å². The minimum atomic E-state index is 0.169. The summed E-state index contributed by atoms with van der Waals surface area (Å²) in [5.41, 5.74) is 1.26. The summed E-state index contributed by atoms with van der Waals surface area (Å²) in [7, 11) is 0. The monoisotopic (exact) mass is 325 g/mol. The largest absolute Gasteiger partial charge is 0.336 e. The molecule has 1 aromatic rings. The van der Waals surface area contributed by atoms with Crippen molar-refractivity contribution in [3.8, 4) is 0 Å². The maximum absolute atomic E-state index is 12.6. The van der Waals surface area contributed by atoms with Gasteiger partial charge in [-0.2, -0.15) is 0 Å². The minimum absolute atomic E-state index is 0.169. The van der Waals surface area contributed by atoms with Crippen molar-refractivity contribution in [3.63, 3.8) is 0 Å². The summed E-state index contributed by atoms with van der Waals surface area (Å²) in [6.07, 6.45) is 12.2. The predicted molar refractivity (Wildman–Crippen MR) is 92.6 cm³/mol. The number of nitrogens with zero attached hydrogens (tertiary/aromatic N) is 3. The summed E-state index contributed by atoms with van der Waals surface area (Å²) in [4.78, 5) is 21.5. The maximum Gasteiger partial charge on any atom is 0.254 e. The van der Waals surface area contributed by atoms with Gasteiger partial charge < -0.3 is 4.90 Å². The molecule has 4 saturated carbocycles. The first-order valence-corrected chi connectivity index (χ1v) is 9.66. The summed E-state index contributed by atoms with van der Waals surface area (Å²) in [6.45, 7) is 3.87. The van der Waals surface area contributed by atoms with Crippen LogP contribution in [-0.4, -0.2) is 52.4 Å². The quantitative estimate of drug-likeness (QED) is 0.839. The van der Waals surface area contributed by atoms with Gasteiger partial charge in [-0.05, 0) is 68.4 Å². The second kappa shape index (κ2) is 5.55. The number of carbonyl (C=O) groups is 1. The van der Waals surface area contributed by atoms with E-state index in [1.54, 1.807) is 12.4 Å². The lowest BCUT2D eigenvalue weighted by molar-refractivity contribution is -0.0987. The SMILES string of the molecule is O=C(c1ccncc1)N1CCN(C23CC4CC(CC(C4)C2)C3)CC1. The van der Waals surface area contributed by atoms with Crippen molar-refractivity contribution in [2.24, 2.45) is 17.8 Å². The van der Waals surface area contributed by atoms with Crippen LogP contribution in [0.4, 0.5) is 0 Å². The highest BCUT2D eigenvalue weighted by Gasteiger charge is 2.53. The molecule has 1 aromatic heterocycles. The van der Waals surface area contributed by atoms with Gasteiger partial charge in [-0.1, -0.05) is 0 Å². The van der Waals surface area contributed by atoms with E-state index in [-0.39, 0.29) is 5.91 Å². The van der Waals surface area contributed by atoms with Gasteiger partial charge in [0, 0.05) is 49.7 Å². The molecule has 24 heavy (non-hydrogen) atoms. The molecule has 0 N–H and O–H groups in total. The van der Waals surface area contributed by atoms with Crippen molar-refractivity contribution in [2.75, 3.05) is 26.2 Å². The molecule has 6 rings (SSSR count). The Morgan fingerprint density at radius 1 is 0.917 bits per heavy atom. The molecule has 128 valence electrons. The van der Waals surface area contributed by atoms with Crippen molar-refractivity contribution in [1.82, 2.24) is 14.8 Å². The molecule has 2 heterocycles. The highest BCUT2D eigenvalue weighted by molar-refractivity contribution is 5.94. The fourth-order valence-corrected chi connectivity index (χ4v) is 6.51. The van der Waals surface area contributed by atoms with E-state index in [9.17, 15) is 4.79 Å². The van der Waals surface area contributed by atoms with Crippen LogP contribution in [0.3, 0.4) is 0 Å². The molecule has 0 aromatic carbocycles. The Hall–Kier alpha value is -1.42. The van der Waals surface area contributed by atoms with Gasteiger partial charge in [0.2, 0.25) is 0 Å². The van der Waals surface area contributed by atoms with Gasteiger partial charge in [-0.25, -0.2) is 0 Å². The maximum atomic E-state index is 12.6. The number of hydrogen-bond acceptors (Lipinski definition) is 3. The number of pyridine rings is 1. The molecule has 0 unspecified atom stereocenters. The zero-order valence-corrected chi connectivity index (χ0v) is 14.4. The van der Waals surface area contributed by atoms with Crippen molar-refractivity contribution < 1.29 is 4.79 Å². The molecule has 0 radical (unpaired) electrons. The fraction of sp³-hybridized carbons (Fsp3) is 0.700. The van der Waals surface area contributed by atoms with Crippen LogP contribution in [0.25, 0.3) is 0 Å². The zero-order valence-electron chi connectivity index (χ0n) is 14.4. The Kier molecular flexibility index (Phi) is 3.44. The lowest BCUT2D eigenvalue weighted by Gasteiger charge is -2.61. The Morgan fingerprint density at radius 3 is 2.00 bits per heavy atom. The van der Waals surface area contributed by atoms with E-state index in [1.165, 1.54) is 38.5 Å². The molecular formula is C20H27N3O. The van der Waals surface area contributed by atoms with Crippen molar-refractivity contribution >= 4 is 5.91 Å². The number of carbonyl (C=O) groups excluding carboxylic acids is 1. The van der Waals surface area contributed by atoms with Crippen LogP contribution >= 0.6 is 0 Å². The fourth-order valence-electron chi connectivity index (χ4n) is 6.51. The van der Waals surface area contributed by atoms with E-state index in [1.807, 2.05) is 17.0 Å². The minimum Gasteiger partial charge on any atom is -0.336 e. The third kappa shape index (κ3) is 2.38. The molecule has 5 aliphatic rings. The van der Waals surface area contributed by atoms with E-state index < -0.39 is 0 Å². The highest BCUT2D eigenvalue weighted by Crippen LogP contribution is 2.57. The highest BCUT2D eigenvalue weighted by atomic mass is 16.2. The van der Waals surface area contributed by atoms with E-state index in [0.29, 0.717) is 5.54 Å². The smallest absolute Gasteiger partial charge is 0.254 e. The van der Waals surface area contributed by atoms with Crippen LogP contribution in [0, 0.1) is 17.8 Å². The molecule has 4 bridgehead atoms. The van der Waals surface area contributed by atoms with Gasteiger partial charge in [-0.3, -0.25) is 14.7 Å². The normalized spacial score (nSPS) is 38.5. The van der Waals surface area contributed by atoms with Gasteiger partial charge in [0.05, 0.1) is 0 Å². The third-order valence-electron chi connectivity index (χ3n) is 7.17. The first-order valence-electron chi connectivity index (χ1n) is 9.66. The predicted octanol–water partition coefficient (Wildman–Crippen LogP) is 2.81. The van der Waals surface area contributed by atoms with Gasteiger partial charge in [0.1, 0.15) is 0 Å². The number of aromatic nitrogens is 1. The molecule has 1 amide bonds. The number of piperazine rings is 1. The van der Waals surface area contributed by atoms with Crippen LogP contribution in [-0.2, 0) is 0 Å². The molecule has 5 fully saturated rings. The standard InChI is InChI=1S/C20H27N3O/c24-19(18-1-3-21-4-2-18)22-5-7-23(8-6-22)20-12-15-9-16(13-20)11-17(10-15)14-20/h1-4,15-17H,5-14H2. The topological polar surface area (TPSA) is 36.4 Å². The lowest BCUT2D eigenvalue weighted by Crippen LogP contribution is -2.64. The molecule has 4 heteroatoms. The third-order valence-corrected chi connectivity index (χ3v) is 7.17. The van der Waals surface area contributed by atoms with E-state index in [4.69, 9.17) is 0 Å². The van der Waals surface area contributed by atoms with Crippen LogP contribution < -0.4 is 0 Å². The molecule has 0 atom stereocenters. The first-order chi connectivity index (χ1) is 11.7. The Bertz CT molecular complexity index is 586. The van der Waals surface area contributed by atoms with Crippen LogP contribution in [0.5, 0.6) is 0 Å². The molecule has 1 aliphatic heterocycles. The number of amides is 1. The lowest BCUT2D eigenvalue weighted by atomic mass is 9.52. The molecule has 4 aliphatic carbocycles. The van der Waals surface area contributed by atoms with Gasteiger partial charge in [0.15, 0.2) is 0 Å². The van der Waals surface area contributed by atoms with Crippen LogP contribution in [0.15, 0.2) is 24.5 Å². The molecular weight excluding hydrogens is 298 g/mol. The summed E-state index contributed by atoms with van der Waals surface area (Å²) < 4.78 is 0. The number of hydrogen-bond donors (Lipinski definition) is 0. The molecule has 0 spiro atoms. The summed E-state index contributed by atoms with van der Waals surface area (Å²) in [6, 6.07) is 3.65. The van der Waals surface area contributed by atoms with Gasteiger partial charge in [-0.15, -0.1) is 0 Å². The summed E-state index contributed by atoms with van der Waals surface area (Å²) in [5.74, 6) is 3.15. The second-order valence-electron chi connectivity index (χ2n) is 8.66. The second-order valence-corrected chi connectivity index (χ2v) is 8.66. The Balaban J connectivity index is 1.27. The van der Waals surface area contributed by atoms with Crippen molar-refractivity contribution in [3.05, 3.63) is 30.1 Å². The van der Waals surface area contributed by atoms with E-state index in [2.05, 4.69) is 9.88 Å². The average molecular weight is 325 g/mol. The van der Waals surface area contributed by atoms with Gasteiger partial charge in [0.25, 0.3) is 5.91 Å². The average Bonchev–Trinajstić information content (AvgIpc) is 2.61. The van der Waals surface area contributed by atoms with Gasteiger partial charge >= 0.3 is 0 Å². The number of rotatable bonds is 2. The van der Waals surface area contributed by atoms with Crippen molar-refractivity contribution in [1.29, 1.82) is 0 Å². The van der Waals surface area contributed by atoms with E-state index >= 15 is 0 Å². The van der Waals surface area contributed by atoms with Crippen molar-refractivity contribution in [2.45, 2.75) is 44.1 Å². The molecule has 1 saturated heterocycles. The van der Waals surface area contributed by atoms with E-state index in [0.717, 1.165) is 49.5 Å². The molecule has 4 nitrogen and oxygen atoms in total. The van der Waals surface area contributed by atoms with Crippen LogP contribution in [0.2, 0.25) is 0 Å². The zero-order chi connectivity index (χ0) is 16.1. The first kappa shape index (κ1) is 14.9. The Morgan fingerprint density at radius 2 is 1.46 bits per heavy atom. The summed E-state index contributed by atoms with van der Waals surface area (Å²) in [5, 5.41) is 0. The Labute approximate surface area is 144 Å².